The van der Waals surface area contributed by atoms with Crippen molar-refractivity contribution >= 4 is 12.0 Å². The maximum absolute atomic E-state index is 13.1. The van der Waals surface area contributed by atoms with Crippen molar-refractivity contribution in [3.8, 4) is 0 Å². The molecule has 3 rings (SSSR count). The molecule has 1 N–H and O–H groups in total. The maximum Gasteiger partial charge on any atom is 0.338 e. The lowest BCUT2D eigenvalue weighted by molar-refractivity contribution is -0.139. The molecule has 1 aromatic rings. The number of carbonyl (C=O) groups excluding carboxylic acids is 2. The van der Waals surface area contributed by atoms with E-state index in [4.69, 9.17) is 4.74 Å². The quantitative estimate of drug-likeness (QED) is 0.695. The Morgan fingerprint density at radius 3 is 2.33 bits per heavy atom. The van der Waals surface area contributed by atoms with Crippen LogP contribution >= 0.6 is 0 Å². The summed E-state index contributed by atoms with van der Waals surface area (Å²) in [5, 5.41) is 3.05. The zero-order valence-corrected chi connectivity index (χ0v) is 18.6. The van der Waals surface area contributed by atoms with Gasteiger partial charge in [0.1, 0.15) is 0 Å². The van der Waals surface area contributed by atoms with E-state index in [0.29, 0.717) is 25.3 Å². The van der Waals surface area contributed by atoms with Crippen LogP contribution in [-0.4, -0.2) is 79.1 Å². The van der Waals surface area contributed by atoms with Gasteiger partial charge >= 0.3 is 12.0 Å². The summed E-state index contributed by atoms with van der Waals surface area (Å²) in [6.07, 6.45) is 0. The van der Waals surface area contributed by atoms with Gasteiger partial charge in [0.2, 0.25) is 0 Å². The number of esters is 1. The van der Waals surface area contributed by atoms with Crippen molar-refractivity contribution in [1.29, 1.82) is 0 Å². The van der Waals surface area contributed by atoms with Gasteiger partial charge in [-0.15, -0.1) is 0 Å². The smallest absolute Gasteiger partial charge is 0.338 e. The largest absolute Gasteiger partial charge is 0.463 e. The Hall–Kier alpha value is -2.38. The van der Waals surface area contributed by atoms with E-state index in [0.717, 1.165) is 49.5 Å². The Labute approximate surface area is 179 Å². The average molecular weight is 415 g/mol. The topological polar surface area (TPSA) is 65.1 Å². The number of hydrogen-bond donors (Lipinski definition) is 1. The third-order valence-electron chi connectivity index (χ3n) is 6.03. The summed E-state index contributed by atoms with van der Waals surface area (Å²) in [4.78, 5) is 32.6. The molecule has 7 heteroatoms. The number of carbonyl (C=O) groups is 2. The van der Waals surface area contributed by atoms with Crippen LogP contribution in [0.2, 0.25) is 0 Å². The molecule has 2 aliphatic rings. The second-order valence-corrected chi connectivity index (χ2v) is 7.77. The third-order valence-corrected chi connectivity index (χ3v) is 6.03. The van der Waals surface area contributed by atoms with Gasteiger partial charge < -0.3 is 15.0 Å². The fourth-order valence-electron chi connectivity index (χ4n) is 4.28. The van der Waals surface area contributed by atoms with Crippen molar-refractivity contribution in [3.63, 3.8) is 0 Å². The van der Waals surface area contributed by atoms with Crippen LogP contribution < -0.4 is 5.32 Å². The fourth-order valence-corrected chi connectivity index (χ4v) is 4.28. The SMILES string of the molecule is CCOC(=O)C1=C(CN2CCN(CC)CC2)N(CC)C(=O)N[C@@H]1c1ccccc1C. The molecular formula is C23H34N4O3. The number of piperazine rings is 1. The van der Waals surface area contributed by atoms with Crippen molar-refractivity contribution < 1.29 is 14.3 Å². The van der Waals surface area contributed by atoms with Crippen molar-refractivity contribution in [2.45, 2.75) is 33.7 Å². The number of urea groups is 1. The predicted molar refractivity (Wildman–Crippen MR) is 117 cm³/mol. The molecule has 1 fully saturated rings. The first-order valence-electron chi connectivity index (χ1n) is 11.0. The summed E-state index contributed by atoms with van der Waals surface area (Å²) < 4.78 is 5.45. The molecular weight excluding hydrogens is 380 g/mol. The zero-order chi connectivity index (χ0) is 21.7. The zero-order valence-electron chi connectivity index (χ0n) is 18.6. The van der Waals surface area contributed by atoms with Gasteiger partial charge in [0.05, 0.1) is 18.2 Å². The van der Waals surface area contributed by atoms with Gasteiger partial charge in [-0.25, -0.2) is 9.59 Å². The van der Waals surface area contributed by atoms with Gasteiger partial charge in [-0.3, -0.25) is 9.80 Å². The van der Waals surface area contributed by atoms with Crippen LogP contribution in [0, 0.1) is 6.92 Å². The van der Waals surface area contributed by atoms with Gasteiger partial charge in [0.25, 0.3) is 0 Å². The summed E-state index contributed by atoms with van der Waals surface area (Å²) in [6, 6.07) is 7.20. The van der Waals surface area contributed by atoms with Crippen LogP contribution in [0.25, 0.3) is 0 Å². The van der Waals surface area contributed by atoms with Crippen LogP contribution in [0.15, 0.2) is 35.5 Å². The van der Waals surface area contributed by atoms with Crippen LogP contribution in [0.3, 0.4) is 0 Å². The first-order valence-corrected chi connectivity index (χ1v) is 11.0. The molecule has 164 valence electrons. The number of aryl methyl sites for hydroxylation is 1. The lowest BCUT2D eigenvalue weighted by atomic mass is 9.91. The van der Waals surface area contributed by atoms with Gasteiger partial charge in [-0.1, -0.05) is 31.2 Å². The number of amides is 2. The Bertz CT molecular complexity index is 799. The first-order chi connectivity index (χ1) is 14.5. The summed E-state index contributed by atoms with van der Waals surface area (Å²) >= 11 is 0. The number of benzene rings is 1. The molecule has 2 amide bonds. The van der Waals surface area contributed by atoms with Gasteiger partial charge in [0, 0.05) is 45.0 Å². The standard InChI is InChI=1S/C23H34N4O3/c1-5-25-12-14-26(15-13-25)16-19-20(22(28)30-7-3)21(24-23(29)27(19)6-2)18-11-9-8-10-17(18)4/h8-11,21H,5-7,12-16H2,1-4H3,(H,24,29)/t21-/m1/s1. The molecule has 0 unspecified atom stereocenters. The number of rotatable bonds is 7. The number of nitrogens with one attached hydrogen (secondary N) is 1. The fraction of sp³-hybridized carbons (Fsp3) is 0.565. The molecule has 0 aliphatic carbocycles. The minimum Gasteiger partial charge on any atom is -0.463 e. The van der Waals surface area contributed by atoms with Crippen molar-refractivity contribution in [3.05, 3.63) is 46.7 Å². The van der Waals surface area contributed by atoms with E-state index in [1.807, 2.05) is 45.0 Å². The third kappa shape index (κ3) is 4.68. The highest BCUT2D eigenvalue weighted by Crippen LogP contribution is 2.33. The Morgan fingerprint density at radius 2 is 1.73 bits per heavy atom. The maximum atomic E-state index is 13.1. The molecule has 0 bridgehead atoms. The van der Waals surface area contributed by atoms with Crippen LogP contribution in [0.4, 0.5) is 4.79 Å². The normalized spacial score (nSPS) is 21.0. The minimum atomic E-state index is -0.507. The molecule has 0 radical (unpaired) electrons. The number of ether oxygens (including phenoxy) is 1. The summed E-state index contributed by atoms with van der Waals surface area (Å²) in [7, 11) is 0. The van der Waals surface area contributed by atoms with E-state index in [1.54, 1.807) is 4.90 Å². The highest BCUT2D eigenvalue weighted by atomic mass is 16.5. The van der Waals surface area contributed by atoms with E-state index in [-0.39, 0.29) is 12.0 Å². The van der Waals surface area contributed by atoms with E-state index in [9.17, 15) is 9.59 Å². The lowest BCUT2D eigenvalue weighted by Gasteiger charge is -2.40. The number of hydrogen-bond acceptors (Lipinski definition) is 5. The first kappa shape index (κ1) is 22.3. The molecule has 0 saturated carbocycles. The summed E-state index contributed by atoms with van der Waals surface area (Å²) in [5.41, 5.74) is 3.27. The van der Waals surface area contributed by atoms with E-state index in [1.165, 1.54) is 0 Å². The van der Waals surface area contributed by atoms with E-state index >= 15 is 0 Å². The number of likely N-dealkylation sites (N-methyl/N-ethyl adjacent to an activating group) is 2. The van der Waals surface area contributed by atoms with Crippen molar-refractivity contribution in [2.75, 3.05) is 52.4 Å². The van der Waals surface area contributed by atoms with E-state index in [2.05, 4.69) is 22.0 Å². The highest BCUT2D eigenvalue weighted by molar-refractivity contribution is 5.95. The minimum absolute atomic E-state index is 0.166. The van der Waals surface area contributed by atoms with Gasteiger partial charge in [-0.2, -0.15) is 0 Å². The van der Waals surface area contributed by atoms with Crippen LogP contribution in [0.1, 0.15) is 37.9 Å². The van der Waals surface area contributed by atoms with Crippen molar-refractivity contribution in [1.82, 2.24) is 20.0 Å². The van der Waals surface area contributed by atoms with Gasteiger partial charge in [-0.05, 0) is 38.4 Å². The Balaban J connectivity index is 2.03. The Morgan fingerprint density at radius 1 is 1.07 bits per heavy atom. The molecule has 30 heavy (non-hydrogen) atoms. The van der Waals surface area contributed by atoms with Gasteiger partial charge in [0.15, 0.2) is 0 Å². The number of nitrogens with zero attached hydrogens (tertiary/aromatic N) is 3. The van der Waals surface area contributed by atoms with Crippen LogP contribution in [0.5, 0.6) is 0 Å². The molecule has 2 aliphatic heterocycles. The van der Waals surface area contributed by atoms with E-state index < -0.39 is 6.04 Å². The molecule has 7 nitrogen and oxygen atoms in total. The highest BCUT2D eigenvalue weighted by Gasteiger charge is 2.38. The van der Waals surface area contributed by atoms with Crippen molar-refractivity contribution in [2.24, 2.45) is 0 Å². The Kier molecular flexibility index (Phi) is 7.50. The summed E-state index contributed by atoms with van der Waals surface area (Å²) in [6.45, 7) is 14.2. The molecule has 0 spiro atoms. The second-order valence-electron chi connectivity index (χ2n) is 7.77. The molecule has 1 atom stereocenters. The van der Waals surface area contributed by atoms with Crippen LogP contribution in [-0.2, 0) is 9.53 Å². The molecule has 0 aromatic heterocycles. The average Bonchev–Trinajstić information content (AvgIpc) is 2.74. The summed E-state index contributed by atoms with van der Waals surface area (Å²) in [5.74, 6) is -0.355. The molecule has 1 saturated heterocycles. The molecule has 2 heterocycles. The predicted octanol–water partition coefficient (Wildman–Crippen LogP) is 2.54. The molecule has 1 aromatic carbocycles. The lowest BCUT2D eigenvalue weighted by Crippen LogP contribution is -2.53. The monoisotopic (exact) mass is 414 g/mol. The second kappa shape index (κ2) is 10.1.